The first kappa shape index (κ1) is 15.7. The predicted molar refractivity (Wildman–Crippen MR) is 80.5 cm³/mol. The second kappa shape index (κ2) is 5.99. The van der Waals surface area contributed by atoms with Crippen LogP contribution in [0, 0.1) is 0 Å². The number of nitrogens with one attached hydrogen (secondary N) is 1. The molecule has 21 heavy (non-hydrogen) atoms. The van der Waals surface area contributed by atoms with E-state index >= 15 is 0 Å². The van der Waals surface area contributed by atoms with E-state index < -0.39 is 10.0 Å². The highest BCUT2D eigenvalue weighted by Gasteiger charge is 2.17. The molecule has 1 aromatic heterocycles. The standard InChI is InChI=1S/C15H20N2O3S/c1-15(2,3)12-4-6-14(7-5-12)21(18,19)17-9-8-13-10-20-11-16-13/h4-7,10-11,17H,8-9H2,1-3H3. The van der Waals surface area contributed by atoms with Crippen LogP contribution in [0.5, 0.6) is 0 Å². The van der Waals surface area contributed by atoms with Crippen LogP contribution in [0.1, 0.15) is 32.0 Å². The van der Waals surface area contributed by atoms with Gasteiger partial charge in [0.15, 0.2) is 6.39 Å². The molecular formula is C15H20N2O3S. The fourth-order valence-corrected chi connectivity index (χ4v) is 2.92. The number of rotatable bonds is 5. The van der Waals surface area contributed by atoms with Gasteiger partial charge in [0.25, 0.3) is 0 Å². The van der Waals surface area contributed by atoms with Crippen molar-refractivity contribution in [2.75, 3.05) is 6.54 Å². The molecule has 0 radical (unpaired) electrons. The summed E-state index contributed by atoms with van der Waals surface area (Å²) >= 11 is 0. The second-order valence-corrected chi connectivity index (χ2v) is 7.67. The molecule has 5 nitrogen and oxygen atoms in total. The minimum absolute atomic E-state index is 0.00265. The number of hydrogen-bond donors (Lipinski definition) is 1. The lowest BCUT2D eigenvalue weighted by Gasteiger charge is -2.19. The van der Waals surface area contributed by atoms with Crippen LogP contribution in [0.2, 0.25) is 0 Å². The number of sulfonamides is 1. The lowest BCUT2D eigenvalue weighted by Crippen LogP contribution is -2.26. The third kappa shape index (κ3) is 4.15. The molecule has 0 bridgehead atoms. The molecule has 0 atom stereocenters. The Morgan fingerprint density at radius 1 is 1.19 bits per heavy atom. The Bertz CT molecular complexity index is 669. The molecule has 1 N–H and O–H groups in total. The molecule has 0 saturated heterocycles. The van der Waals surface area contributed by atoms with Gasteiger partial charge >= 0.3 is 0 Å². The van der Waals surface area contributed by atoms with Crippen LogP contribution in [0.3, 0.4) is 0 Å². The van der Waals surface area contributed by atoms with Gasteiger partial charge in [-0.1, -0.05) is 32.9 Å². The van der Waals surface area contributed by atoms with Crippen molar-refractivity contribution in [3.8, 4) is 0 Å². The van der Waals surface area contributed by atoms with Gasteiger partial charge in [0.1, 0.15) is 6.26 Å². The first-order chi connectivity index (χ1) is 9.79. The summed E-state index contributed by atoms with van der Waals surface area (Å²) in [6.45, 7) is 6.56. The van der Waals surface area contributed by atoms with Crippen LogP contribution < -0.4 is 4.72 Å². The van der Waals surface area contributed by atoms with Gasteiger partial charge < -0.3 is 4.42 Å². The zero-order valence-electron chi connectivity index (χ0n) is 12.5. The summed E-state index contributed by atoms with van der Waals surface area (Å²) in [6.07, 6.45) is 3.33. The normalized spacial score (nSPS) is 12.5. The molecule has 2 rings (SSSR count). The van der Waals surface area contributed by atoms with Crippen LogP contribution in [0.25, 0.3) is 0 Å². The molecule has 2 aromatic rings. The van der Waals surface area contributed by atoms with Crippen molar-refractivity contribution in [1.29, 1.82) is 0 Å². The van der Waals surface area contributed by atoms with Crippen LogP contribution in [0.15, 0.2) is 46.2 Å². The summed E-state index contributed by atoms with van der Waals surface area (Å²) in [5, 5.41) is 0. The minimum atomic E-state index is -3.48. The molecule has 0 unspecified atom stereocenters. The van der Waals surface area contributed by atoms with E-state index in [0.29, 0.717) is 6.42 Å². The van der Waals surface area contributed by atoms with Crippen LogP contribution in [-0.4, -0.2) is 19.9 Å². The SMILES string of the molecule is CC(C)(C)c1ccc(S(=O)(=O)NCCc2cocn2)cc1. The van der Waals surface area contributed by atoms with E-state index in [1.165, 1.54) is 12.7 Å². The third-order valence-electron chi connectivity index (χ3n) is 3.19. The average molecular weight is 308 g/mol. The molecule has 0 spiro atoms. The van der Waals surface area contributed by atoms with E-state index in [1.807, 2.05) is 12.1 Å². The summed E-state index contributed by atoms with van der Waals surface area (Å²) in [7, 11) is -3.48. The van der Waals surface area contributed by atoms with Gasteiger partial charge in [0.2, 0.25) is 10.0 Å². The van der Waals surface area contributed by atoms with Gasteiger partial charge in [-0.2, -0.15) is 0 Å². The van der Waals surface area contributed by atoms with E-state index in [4.69, 9.17) is 4.42 Å². The van der Waals surface area contributed by atoms with Crippen molar-refractivity contribution in [2.24, 2.45) is 0 Å². The Balaban J connectivity index is 2.02. The Labute approximate surface area is 125 Å². The van der Waals surface area contributed by atoms with Crippen LogP contribution in [-0.2, 0) is 21.9 Å². The molecule has 0 aliphatic carbocycles. The van der Waals surface area contributed by atoms with Gasteiger partial charge in [-0.25, -0.2) is 18.1 Å². The van der Waals surface area contributed by atoms with Gasteiger partial charge in [0, 0.05) is 13.0 Å². The van der Waals surface area contributed by atoms with Gasteiger partial charge in [0.05, 0.1) is 10.6 Å². The Hall–Kier alpha value is -1.66. The molecule has 0 aliphatic rings. The Morgan fingerprint density at radius 3 is 2.38 bits per heavy atom. The van der Waals surface area contributed by atoms with Gasteiger partial charge in [-0.3, -0.25) is 0 Å². The third-order valence-corrected chi connectivity index (χ3v) is 4.66. The molecule has 114 valence electrons. The first-order valence-electron chi connectivity index (χ1n) is 6.76. The monoisotopic (exact) mass is 308 g/mol. The summed E-state index contributed by atoms with van der Waals surface area (Å²) in [5.74, 6) is 0. The first-order valence-corrected chi connectivity index (χ1v) is 8.25. The highest BCUT2D eigenvalue weighted by atomic mass is 32.2. The topological polar surface area (TPSA) is 72.2 Å². The van der Waals surface area contributed by atoms with E-state index in [-0.39, 0.29) is 16.9 Å². The van der Waals surface area contributed by atoms with Crippen molar-refractivity contribution in [1.82, 2.24) is 9.71 Å². The van der Waals surface area contributed by atoms with Crippen LogP contribution >= 0.6 is 0 Å². The van der Waals surface area contributed by atoms with E-state index in [2.05, 4.69) is 30.5 Å². The van der Waals surface area contributed by atoms with Crippen molar-refractivity contribution < 1.29 is 12.8 Å². The fraction of sp³-hybridized carbons (Fsp3) is 0.400. The van der Waals surface area contributed by atoms with Crippen molar-refractivity contribution >= 4 is 10.0 Å². The van der Waals surface area contributed by atoms with Crippen molar-refractivity contribution in [3.05, 3.63) is 48.2 Å². The fourth-order valence-electron chi connectivity index (χ4n) is 1.89. The van der Waals surface area contributed by atoms with E-state index in [1.54, 1.807) is 12.1 Å². The minimum Gasteiger partial charge on any atom is -0.451 e. The van der Waals surface area contributed by atoms with Gasteiger partial charge in [-0.05, 0) is 23.1 Å². The molecular weight excluding hydrogens is 288 g/mol. The molecule has 0 saturated carbocycles. The number of aromatic nitrogens is 1. The summed E-state index contributed by atoms with van der Waals surface area (Å²) < 4.78 is 31.7. The largest absolute Gasteiger partial charge is 0.451 e. The van der Waals surface area contributed by atoms with Gasteiger partial charge in [-0.15, -0.1) is 0 Å². The summed E-state index contributed by atoms with van der Waals surface area (Å²) in [6, 6.07) is 6.98. The molecule has 1 aromatic carbocycles. The highest BCUT2D eigenvalue weighted by molar-refractivity contribution is 7.89. The number of nitrogens with zero attached hydrogens (tertiary/aromatic N) is 1. The number of hydrogen-bond acceptors (Lipinski definition) is 4. The summed E-state index contributed by atoms with van der Waals surface area (Å²) in [5.41, 5.74) is 1.83. The average Bonchev–Trinajstić information content (AvgIpc) is 2.91. The lowest BCUT2D eigenvalue weighted by atomic mass is 9.87. The van der Waals surface area contributed by atoms with E-state index in [9.17, 15) is 8.42 Å². The Morgan fingerprint density at radius 2 is 1.86 bits per heavy atom. The highest BCUT2D eigenvalue weighted by Crippen LogP contribution is 2.23. The molecule has 6 heteroatoms. The zero-order chi connectivity index (χ0) is 15.5. The lowest BCUT2D eigenvalue weighted by molar-refractivity contribution is 0.555. The molecule has 0 fully saturated rings. The van der Waals surface area contributed by atoms with E-state index in [0.717, 1.165) is 11.3 Å². The maximum Gasteiger partial charge on any atom is 0.240 e. The quantitative estimate of drug-likeness (QED) is 0.921. The second-order valence-electron chi connectivity index (χ2n) is 5.90. The van der Waals surface area contributed by atoms with Crippen molar-refractivity contribution in [2.45, 2.75) is 37.5 Å². The molecule has 0 amide bonds. The smallest absolute Gasteiger partial charge is 0.240 e. The maximum atomic E-state index is 12.2. The number of benzene rings is 1. The number of oxazole rings is 1. The molecule has 1 heterocycles. The van der Waals surface area contributed by atoms with Crippen molar-refractivity contribution in [3.63, 3.8) is 0 Å². The Kier molecular flexibility index (Phi) is 4.49. The zero-order valence-corrected chi connectivity index (χ0v) is 13.3. The van der Waals surface area contributed by atoms with Crippen LogP contribution in [0.4, 0.5) is 0 Å². The summed E-state index contributed by atoms with van der Waals surface area (Å²) in [4.78, 5) is 4.22. The maximum absolute atomic E-state index is 12.2. The predicted octanol–water partition coefficient (Wildman–Crippen LogP) is 2.49. The molecule has 0 aliphatic heterocycles.